The van der Waals surface area contributed by atoms with E-state index in [2.05, 4.69) is 0 Å². The molecule has 0 N–H and O–H groups in total. The summed E-state index contributed by atoms with van der Waals surface area (Å²) < 4.78 is 0. The van der Waals surface area contributed by atoms with E-state index in [-0.39, 0.29) is 17.7 Å². The summed E-state index contributed by atoms with van der Waals surface area (Å²) in [4.78, 5) is 28.6. The highest BCUT2D eigenvalue weighted by atomic mass is 32.1. The van der Waals surface area contributed by atoms with E-state index >= 15 is 0 Å². The van der Waals surface area contributed by atoms with E-state index in [0.29, 0.717) is 13.1 Å². The molecular weight excluding hydrogens is 260 g/mol. The van der Waals surface area contributed by atoms with Crippen LogP contribution >= 0.6 is 11.3 Å². The number of thiophene rings is 1. The van der Waals surface area contributed by atoms with Crippen molar-refractivity contribution in [3.8, 4) is 0 Å². The molecule has 5 heteroatoms. The van der Waals surface area contributed by atoms with Gasteiger partial charge in [-0.2, -0.15) is 0 Å². The molecule has 0 aliphatic carbocycles. The molecule has 2 rings (SSSR count). The third-order valence-corrected chi connectivity index (χ3v) is 4.57. The molecule has 0 aromatic carbocycles. The summed E-state index contributed by atoms with van der Waals surface area (Å²) in [6.45, 7) is 4.09. The Bertz CT molecular complexity index is 436. The van der Waals surface area contributed by atoms with E-state index in [0.717, 1.165) is 24.3 Å². The molecule has 1 aromatic rings. The van der Waals surface area contributed by atoms with Gasteiger partial charge in [-0.3, -0.25) is 9.59 Å². The molecule has 1 fully saturated rings. The number of nitrogens with zero attached hydrogens (tertiary/aromatic N) is 2. The lowest BCUT2D eigenvalue weighted by atomic mass is 9.95. The van der Waals surface area contributed by atoms with Gasteiger partial charge < -0.3 is 9.80 Å². The van der Waals surface area contributed by atoms with Crippen molar-refractivity contribution in [1.29, 1.82) is 0 Å². The lowest BCUT2D eigenvalue weighted by Gasteiger charge is -2.32. The lowest BCUT2D eigenvalue weighted by Crippen LogP contribution is -2.43. The van der Waals surface area contributed by atoms with Crippen molar-refractivity contribution in [2.75, 3.05) is 26.7 Å². The zero-order chi connectivity index (χ0) is 13.8. The highest BCUT2D eigenvalue weighted by Crippen LogP contribution is 2.22. The largest absolute Gasteiger partial charge is 0.346 e. The van der Waals surface area contributed by atoms with Crippen molar-refractivity contribution < 1.29 is 9.59 Å². The predicted octanol–water partition coefficient (Wildman–Crippen LogP) is 2.08. The first-order valence-electron chi connectivity index (χ1n) is 6.71. The second-order valence-electron chi connectivity index (χ2n) is 4.90. The summed E-state index contributed by atoms with van der Waals surface area (Å²) in [6, 6.07) is 3.75. The Balaban J connectivity index is 1.89. The minimum Gasteiger partial charge on any atom is -0.346 e. The first kappa shape index (κ1) is 14.1. The lowest BCUT2D eigenvalue weighted by molar-refractivity contribution is -0.135. The molecule has 0 saturated carbocycles. The van der Waals surface area contributed by atoms with Gasteiger partial charge in [-0.1, -0.05) is 6.07 Å². The number of piperidine rings is 1. The second kappa shape index (κ2) is 6.19. The maximum Gasteiger partial charge on any atom is 0.263 e. The molecule has 2 amide bonds. The van der Waals surface area contributed by atoms with Gasteiger partial charge in [-0.15, -0.1) is 11.3 Å². The summed E-state index contributed by atoms with van der Waals surface area (Å²) in [5, 5.41) is 1.92. The van der Waals surface area contributed by atoms with Crippen LogP contribution in [0.2, 0.25) is 0 Å². The number of rotatable bonds is 3. The predicted molar refractivity (Wildman–Crippen MR) is 76.3 cm³/mol. The van der Waals surface area contributed by atoms with Crippen LogP contribution in [0.1, 0.15) is 29.4 Å². The number of carbonyl (C=O) groups is 2. The highest BCUT2D eigenvalue weighted by Gasteiger charge is 2.29. The van der Waals surface area contributed by atoms with E-state index in [4.69, 9.17) is 0 Å². The Morgan fingerprint density at radius 3 is 2.63 bits per heavy atom. The third kappa shape index (κ3) is 3.15. The SMILES string of the molecule is CCN(C)C(=O)C1CCN(C(=O)c2cccs2)CC1. The number of hydrogen-bond acceptors (Lipinski definition) is 3. The molecular formula is C14H20N2O2S. The number of hydrogen-bond donors (Lipinski definition) is 0. The maximum atomic E-state index is 12.2. The number of carbonyl (C=O) groups excluding carboxylic acids is 2. The molecule has 0 spiro atoms. The zero-order valence-electron chi connectivity index (χ0n) is 11.5. The van der Waals surface area contributed by atoms with Crippen molar-refractivity contribution in [2.45, 2.75) is 19.8 Å². The Hall–Kier alpha value is -1.36. The summed E-state index contributed by atoms with van der Waals surface area (Å²) in [7, 11) is 1.84. The van der Waals surface area contributed by atoms with E-state index in [1.807, 2.05) is 36.4 Å². The molecule has 0 atom stereocenters. The van der Waals surface area contributed by atoms with Crippen molar-refractivity contribution in [2.24, 2.45) is 5.92 Å². The fourth-order valence-electron chi connectivity index (χ4n) is 2.35. The van der Waals surface area contributed by atoms with Gasteiger partial charge in [0.2, 0.25) is 5.91 Å². The molecule has 0 unspecified atom stereocenters. The van der Waals surface area contributed by atoms with E-state index < -0.39 is 0 Å². The van der Waals surface area contributed by atoms with Crippen LogP contribution in [0.25, 0.3) is 0 Å². The molecule has 4 nitrogen and oxygen atoms in total. The van der Waals surface area contributed by atoms with Crippen molar-refractivity contribution in [3.63, 3.8) is 0 Å². The fourth-order valence-corrected chi connectivity index (χ4v) is 3.04. The maximum absolute atomic E-state index is 12.2. The van der Waals surface area contributed by atoms with Crippen molar-refractivity contribution >= 4 is 23.2 Å². The molecule has 1 aliphatic heterocycles. The number of likely N-dealkylation sites (tertiary alicyclic amines) is 1. The third-order valence-electron chi connectivity index (χ3n) is 3.71. The first-order chi connectivity index (χ1) is 9.13. The van der Waals surface area contributed by atoms with Gasteiger partial charge >= 0.3 is 0 Å². The topological polar surface area (TPSA) is 40.6 Å². The Labute approximate surface area is 118 Å². The minimum atomic E-state index is 0.0809. The van der Waals surface area contributed by atoms with Crippen LogP contribution in [0, 0.1) is 5.92 Å². The Morgan fingerprint density at radius 2 is 2.11 bits per heavy atom. The van der Waals surface area contributed by atoms with Gasteiger partial charge in [-0.25, -0.2) is 0 Å². The summed E-state index contributed by atoms with van der Waals surface area (Å²) in [5.74, 6) is 0.396. The molecule has 0 bridgehead atoms. The van der Waals surface area contributed by atoms with Crippen LogP contribution in [0.4, 0.5) is 0 Å². The Morgan fingerprint density at radius 1 is 1.42 bits per heavy atom. The molecule has 2 heterocycles. The average molecular weight is 280 g/mol. The van der Waals surface area contributed by atoms with Gasteiger partial charge in [-0.05, 0) is 31.2 Å². The smallest absolute Gasteiger partial charge is 0.263 e. The molecule has 0 radical (unpaired) electrons. The molecule has 1 saturated heterocycles. The minimum absolute atomic E-state index is 0.0809. The van der Waals surface area contributed by atoms with E-state index in [9.17, 15) is 9.59 Å². The Kier molecular flexibility index (Phi) is 4.58. The van der Waals surface area contributed by atoms with E-state index in [1.165, 1.54) is 11.3 Å². The normalized spacial score (nSPS) is 16.4. The standard InChI is InChI=1S/C14H20N2O2S/c1-3-15(2)13(17)11-6-8-16(9-7-11)14(18)12-5-4-10-19-12/h4-5,10-11H,3,6-9H2,1-2H3. The van der Waals surface area contributed by atoms with Gasteiger partial charge in [0.15, 0.2) is 0 Å². The summed E-state index contributed by atoms with van der Waals surface area (Å²) in [5.41, 5.74) is 0. The fraction of sp³-hybridized carbons (Fsp3) is 0.571. The van der Waals surface area contributed by atoms with Crippen molar-refractivity contribution in [1.82, 2.24) is 9.80 Å². The molecule has 104 valence electrons. The highest BCUT2D eigenvalue weighted by molar-refractivity contribution is 7.12. The first-order valence-corrected chi connectivity index (χ1v) is 7.59. The van der Waals surface area contributed by atoms with Gasteiger partial charge in [0.25, 0.3) is 5.91 Å². The van der Waals surface area contributed by atoms with E-state index in [1.54, 1.807) is 4.90 Å². The van der Waals surface area contributed by atoms with Crippen LogP contribution < -0.4 is 0 Å². The monoisotopic (exact) mass is 280 g/mol. The van der Waals surface area contributed by atoms with Crippen LogP contribution in [0.5, 0.6) is 0 Å². The number of amides is 2. The van der Waals surface area contributed by atoms with Crippen LogP contribution in [0.3, 0.4) is 0 Å². The zero-order valence-corrected chi connectivity index (χ0v) is 12.3. The molecule has 19 heavy (non-hydrogen) atoms. The summed E-state index contributed by atoms with van der Waals surface area (Å²) >= 11 is 1.47. The average Bonchev–Trinajstić information content (AvgIpc) is 2.99. The van der Waals surface area contributed by atoms with Crippen LogP contribution in [-0.2, 0) is 4.79 Å². The molecule has 1 aliphatic rings. The molecule has 1 aromatic heterocycles. The summed E-state index contributed by atoms with van der Waals surface area (Å²) in [6.07, 6.45) is 1.56. The van der Waals surface area contributed by atoms with Gasteiger partial charge in [0.1, 0.15) is 0 Å². The quantitative estimate of drug-likeness (QED) is 0.850. The second-order valence-corrected chi connectivity index (χ2v) is 5.84. The van der Waals surface area contributed by atoms with Crippen molar-refractivity contribution in [3.05, 3.63) is 22.4 Å². The van der Waals surface area contributed by atoms with Gasteiger partial charge in [0, 0.05) is 32.6 Å². The van der Waals surface area contributed by atoms with Crippen LogP contribution in [-0.4, -0.2) is 48.3 Å². The van der Waals surface area contributed by atoms with Crippen LogP contribution in [0.15, 0.2) is 17.5 Å². The van der Waals surface area contributed by atoms with Gasteiger partial charge in [0.05, 0.1) is 4.88 Å².